The van der Waals surface area contributed by atoms with Crippen molar-refractivity contribution < 1.29 is 0 Å². The summed E-state index contributed by atoms with van der Waals surface area (Å²) in [6.07, 6.45) is 17.1. The quantitative estimate of drug-likeness (QED) is 0.101. The first-order chi connectivity index (χ1) is 29.3. The summed E-state index contributed by atoms with van der Waals surface area (Å²) in [5, 5.41) is 9.77. The largest absolute Gasteiger partial charge is 0.309 e. The van der Waals surface area contributed by atoms with E-state index in [0.29, 0.717) is 11.6 Å². The lowest BCUT2D eigenvalue weighted by Crippen LogP contribution is -2.20. The van der Waals surface area contributed by atoms with Crippen molar-refractivity contribution in [2.24, 2.45) is 0 Å². The number of para-hydroxylation sites is 1. The smallest absolute Gasteiger partial charge is 0.0541 e. The Hall–Kier alpha value is -5.58. The van der Waals surface area contributed by atoms with Crippen LogP contribution in [0.5, 0.6) is 0 Å². The lowest BCUT2D eigenvalue weighted by Gasteiger charge is -2.32. The van der Waals surface area contributed by atoms with E-state index >= 15 is 0 Å². The van der Waals surface area contributed by atoms with E-state index in [1.54, 1.807) is 5.31 Å². The van der Waals surface area contributed by atoms with Crippen molar-refractivity contribution in [2.75, 3.05) is 0 Å². The van der Waals surface area contributed by atoms with Gasteiger partial charge in [-0.1, -0.05) is 190 Å². The van der Waals surface area contributed by atoms with E-state index in [-0.39, 0.29) is 0 Å². The number of hydrogen-bond donors (Lipinski definition) is 0. The number of fused-ring (bicyclic) bond motifs is 3. The van der Waals surface area contributed by atoms with Crippen LogP contribution in [0.1, 0.15) is 51.0 Å². The Morgan fingerprint density at radius 2 is 1.05 bits per heavy atom. The van der Waals surface area contributed by atoms with Crippen molar-refractivity contribution in [3.8, 4) is 16.8 Å². The molecule has 0 N–H and O–H groups in total. The molecule has 0 bridgehead atoms. The molecule has 7 aromatic carbocycles. The average molecular weight is 800 g/mol. The molecule has 1 heterocycles. The van der Waals surface area contributed by atoms with Crippen LogP contribution >= 0.6 is 15.8 Å². The summed E-state index contributed by atoms with van der Waals surface area (Å²) in [6, 6.07) is 67.7. The minimum Gasteiger partial charge on any atom is -0.309 e. The molecule has 0 radical (unpaired) electrons. The van der Waals surface area contributed by atoms with Gasteiger partial charge in [0, 0.05) is 28.0 Å². The van der Waals surface area contributed by atoms with Gasteiger partial charge in [0.05, 0.1) is 11.0 Å². The van der Waals surface area contributed by atoms with Gasteiger partial charge in [0.25, 0.3) is 0 Å². The molecule has 3 atom stereocenters. The number of nitrogens with zero attached hydrogens (tertiary/aromatic N) is 1. The predicted octanol–water partition coefficient (Wildman–Crippen LogP) is 14.1. The minimum absolute atomic E-state index is 0.407. The Morgan fingerprint density at radius 1 is 0.492 bits per heavy atom. The zero-order valence-corrected chi connectivity index (χ0v) is 35.8. The summed E-state index contributed by atoms with van der Waals surface area (Å²) in [6.45, 7) is 4.00. The molecule has 59 heavy (non-hydrogen) atoms. The van der Waals surface area contributed by atoms with Gasteiger partial charge in [-0.3, -0.25) is 0 Å². The maximum atomic E-state index is 2.57. The maximum absolute atomic E-state index is 2.57. The van der Waals surface area contributed by atoms with Gasteiger partial charge in [0.15, 0.2) is 0 Å². The van der Waals surface area contributed by atoms with Crippen molar-refractivity contribution in [3.05, 3.63) is 223 Å². The van der Waals surface area contributed by atoms with Crippen LogP contribution in [-0.4, -0.2) is 10.2 Å². The van der Waals surface area contributed by atoms with Crippen LogP contribution in [0.3, 0.4) is 0 Å². The fourth-order valence-electron chi connectivity index (χ4n) is 8.91. The lowest BCUT2D eigenvalue weighted by atomic mass is 9.88. The number of allylic oxidation sites excluding steroid dienone is 6. The molecule has 10 rings (SSSR count). The number of benzene rings is 7. The molecule has 1 aromatic heterocycles. The van der Waals surface area contributed by atoms with Crippen LogP contribution in [0.2, 0.25) is 0 Å². The highest BCUT2D eigenvalue weighted by Gasteiger charge is 2.28. The SMILES string of the molecule is C1=CC(P(c2ccccc2)C2C=CC(c3ccc4c(c3)c3cc(-c5ccc(P(c6ccccc6)c6ccccc6)cc5)ccc3n4-c3ccccc3)CC2)=CCC1.CC. The van der Waals surface area contributed by atoms with Crippen molar-refractivity contribution >= 4 is 58.9 Å². The van der Waals surface area contributed by atoms with E-state index in [1.165, 1.54) is 78.2 Å². The third-order valence-electron chi connectivity index (χ3n) is 11.7. The summed E-state index contributed by atoms with van der Waals surface area (Å²) < 4.78 is 2.44. The summed E-state index contributed by atoms with van der Waals surface area (Å²) in [5.41, 5.74) is 8.15. The topological polar surface area (TPSA) is 4.93 Å². The van der Waals surface area contributed by atoms with Crippen LogP contribution in [0.15, 0.2) is 218 Å². The summed E-state index contributed by atoms with van der Waals surface area (Å²) in [7, 11) is -1.07. The van der Waals surface area contributed by atoms with E-state index in [2.05, 4.69) is 217 Å². The monoisotopic (exact) mass is 799 g/mol. The molecular formula is C56H51NP2. The van der Waals surface area contributed by atoms with Crippen molar-refractivity contribution in [3.63, 3.8) is 0 Å². The molecule has 0 saturated heterocycles. The van der Waals surface area contributed by atoms with Gasteiger partial charge < -0.3 is 4.57 Å². The van der Waals surface area contributed by atoms with Crippen LogP contribution < -0.4 is 21.2 Å². The Balaban J connectivity index is 0.00000221. The lowest BCUT2D eigenvalue weighted by molar-refractivity contribution is 0.660. The van der Waals surface area contributed by atoms with Crippen molar-refractivity contribution in [1.82, 2.24) is 4.57 Å². The zero-order chi connectivity index (χ0) is 40.0. The van der Waals surface area contributed by atoms with Gasteiger partial charge in [-0.05, 0) is 121 Å². The molecule has 0 spiro atoms. The van der Waals surface area contributed by atoms with E-state index < -0.39 is 15.8 Å². The van der Waals surface area contributed by atoms with Crippen LogP contribution in [0, 0.1) is 0 Å². The van der Waals surface area contributed by atoms with Gasteiger partial charge in [0.2, 0.25) is 0 Å². The van der Waals surface area contributed by atoms with Gasteiger partial charge in [-0.25, -0.2) is 0 Å². The van der Waals surface area contributed by atoms with Crippen LogP contribution in [0.25, 0.3) is 38.6 Å². The highest BCUT2D eigenvalue weighted by molar-refractivity contribution is 7.79. The molecule has 3 unspecified atom stereocenters. The standard InChI is InChI=1S/C54H45NP2.C2H6/c1-6-16-44(17-7-1)55-53-36-30-42(40-26-32-49(33-27-40)56(45-18-8-2-9-19-45)46-20-10-3-11-21-46)38-51(53)52-39-43(31-37-54(52)55)41-28-34-50(35-29-41)57(47-22-12-4-13-23-47)48-24-14-5-15-25-48;1-2/h1-4,6-14,16-28,30-34,36-39,41,50H,5,15,29,35H2;1-2H3. The van der Waals surface area contributed by atoms with E-state index in [0.717, 1.165) is 12.8 Å². The number of aromatic nitrogens is 1. The molecule has 290 valence electrons. The molecule has 0 saturated carbocycles. The summed E-state index contributed by atoms with van der Waals surface area (Å²) in [4.78, 5) is 0. The summed E-state index contributed by atoms with van der Waals surface area (Å²) >= 11 is 0. The van der Waals surface area contributed by atoms with E-state index in [1.807, 2.05) is 13.8 Å². The molecule has 0 aliphatic heterocycles. The first-order valence-corrected chi connectivity index (χ1v) is 24.1. The second kappa shape index (κ2) is 18.1. The molecule has 2 aliphatic carbocycles. The number of hydrogen-bond acceptors (Lipinski definition) is 0. The van der Waals surface area contributed by atoms with E-state index in [9.17, 15) is 0 Å². The van der Waals surface area contributed by atoms with Crippen molar-refractivity contribution in [2.45, 2.75) is 51.1 Å². The highest BCUT2D eigenvalue weighted by atomic mass is 31.1. The molecule has 8 aromatic rings. The third kappa shape index (κ3) is 8.08. The van der Waals surface area contributed by atoms with Gasteiger partial charge in [0.1, 0.15) is 0 Å². The predicted molar refractivity (Wildman–Crippen MR) is 261 cm³/mol. The Morgan fingerprint density at radius 3 is 1.64 bits per heavy atom. The zero-order valence-electron chi connectivity index (χ0n) is 34.0. The molecule has 0 fully saturated rings. The maximum Gasteiger partial charge on any atom is 0.0541 e. The first-order valence-electron chi connectivity index (χ1n) is 21.3. The van der Waals surface area contributed by atoms with Crippen LogP contribution in [0.4, 0.5) is 0 Å². The fraction of sp³-hybridized carbons (Fsp3) is 0.143. The fourth-order valence-corrected chi connectivity index (χ4v) is 14.0. The average Bonchev–Trinajstić information content (AvgIpc) is 3.65. The molecule has 0 amide bonds. The third-order valence-corrected chi connectivity index (χ3v) is 17.0. The minimum atomic E-state index is -0.648. The van der Waals surface area contributed by atoms with Crippen LogP contribution in [-0.2, 0) is 0 Å². The van der Waals surface area contributed by atoms with E-state index in [4.69, 9.17) is 0 Å². The molecular weight excluding hydrogens is 749 g/mol. The molecule has 3 heteroatoms. The number of rotatable bonds is 9. The first kappa shape index (κ1) is 38.9. The highest BCUT2D eigenvalue weighted by Crippen LogP contribution is 2.54. The second-order valence-electron chi connectivity index (χ2n) is 15.2. The normalized spacial score (nSPS) is 16.8. The Labute approximate surface area is 353 Å². The Bertz CT molecular complexity index is 2690. The van der Waals surface area contributed by atoms with Gasteiger partial charge in [-0.15, -0.1) is 0 Å². The molecule has 2 aliphatic rings. The Kier molecular flexibility index (Phi) is 12.0. The van der Waals surface area contributed by atoms with Gasteiger partial charge in [-0.2, -0.15) is 0 Å². The summed E-state index contributed by atoms with van der Waals surface area (Å²) in [5.74, 6) is 0.407. The molecule has 1 nitrogen and oxygen atoms in total. The second-order valence-corrected chi connectivity index (χ2v) is 19.8. The van der Waals surface area contributed by atoms with Crippen molar-refractivity contribution in [1.29, 1.82) is 0 Å². The van der Waals surface area contributed by atoms with Gasteiger partial charge >= 0.3 is 0 Å².